The molecule has 1 aromatic heterocycles. The minimum Gasteiger partial charge on any atom is -0.381 e. The van der Waals surface area contributed by atoms with E-state index in [1.807, 2.05) is 13.0 Å². The topological polar surface area (TPSA) is 73.1 Å². The molecule has 3 N–H and O–H groups in total. The lowest BCUT2D eigenvalue weighted by atomic mass is 10.2. The van der Waals surface area contributed by atoms with E-state index in [1.165, 1.54) is 0 Å². The van der Waals surface area contributed by atoms with Crippen LogP contribution in [-0.4, -0.2) is 28.4 Å². The van der Waals surface area contributed by atoms with Crippen LogP contribution in [0.1, 0.15) is 25.6 Å². The highest BCUT2D eigenvalue weighted by molar-refractivity contribution is 7.99. The monoisotopic (exact) mass is 254 g/mol. The lowest BCUT2D eigenvalue weighted by molar-refractivity contribution is 0.1000. The second kappa shape index (κ2) is 6.18. The molecule has 94 valence electrons. The zero-order valence-corrected chi connectivity index (χ0v) is 10.8. The first-order valence-electron chi connectivity index (χ1n) is 5.90. The van der Waals surface area contributed by atoms with Gasteiger partial charge in [-0.1, -0.05) is 6.92 Å². The molecule has 2 rings (SSSR count). The van der Waals surface area contributed by atoms with Crippen LogP contribution in [0.3, 0.4) is 0 Å². The second-order valence-electron chi connectivity index (χ2n) is 3.94. The number of thioether (sulfide) groups is 1. The fourth-order valence-electron chi connectivity index (χ4n) is 1.73. The summed E-state index contributed by atoms with van der Waals surface area (Å²) < 4.78 is 5.35. The molecular weight excluding hydrogens is 236 g/mol. The van der Waals surface area contributed by atoms with E-state index in [4.69, 9.17) is 10.6 Å². The molecule has 0 spiro atoms. The molecule has 1 aromatic rings. The third-order valence-corrected chi connectivity index (χ3v) is 3.92. The molecule has 17 heavy (non-hydrogen) atoms. The molecule has 0 aliphatic carbocycles. The van der Waals surface area contributed by atoms with Crippen LogP contribution in [0, 0.1) is 0 Å². The maximum atomic E-state index is 5.41. The number of ether oxygens (including phenoxy) is 1. The van der Waals surface area contributed by atoms with E-state index in [0.717, 1.165) is 43.3 Å². The van der Waals surface area contributed by atoms with Gasteiger partial charge in [0.15, 0.2) is 0 Å². The first kappa shape index (κ1) is 12.6. The average Bonchev–Trinajstić information content (AvgIpc) is 2.39. The molecule has 5 nitrogen and oxygen atoms in total. The number of aryl methyl sites for hydroxylation is 1. The molecule has 0 unspecified atom stereocenters. The number of nitrogen functional groups attached to an aromatic ring is 1. The van der Waals surface area contributed by atoms with Crippen LogP contribution in [0.25, 0.3) is 0 Å². The Morgan fingerprint density at radius 1 is 1.47 bits per heavy atom. The number of nitrogens with two attached hydrogens (primary N) is 1. The Labute approximate surface area is 106 Å². The molecule has 0 atom stereocenters. The van der Waals surface area contributed by atoms with Gasteiger partial charge in [-0.15, -0.1) is 11.8 Å². The zero-order valence-electron chi connectivity index (χ0n) is 9.98. The predicted molar refractivity (Wildman–Crippen MR) is 68.9 cm³/mol. The Balaban J connectivity index is 2.07. The number of nitrogens with zero attached hydrogens (tertiary/aromatic N) is 2. The summed E-state index contributed by atoms with van der Waals surface area (Å²) in [6, 6.07) is 1.90. The summed E-state index contributed by atoms with van der Waals surface area (Å²) in [5.41, 5.74) is 2.59. The summed E-state index contributed by atoms with van der Waals surface area (Å²) in [6.45, 7) is 3.75. The Hall–Kier alpha value is -0.850. The van der Waals surface area contributed by atoms with Gasteiger partial charge in [0, 0.05) is 31.0 Å². The van der Waals surface area contributed by atoms with Gasteiger partial charge in [-0.3, -0.25) is 0 Å². The Kier molecular flexibility index (Phi) is 4.58. The van der Waals surface area contributed by atoms with Gasteiger partial charge in [0.1, 0.15) is 16.7 Å². The van der Waals surface area contributed by atoms with Crippen LogP contribution in [0.5, 0.6) is 0 Å². The molecule has 0 aromatic carbocycles. The van der Waals surface area contributed by atoms with Crippen molar-refractivity contribution >= 4 is 17.6 Å². The number of aromatic nitrogens is 2. The maximum absolute atomic E-state index is 5.41. The van der Waals surface area contributed by atoms with E-state index >= 15 is 0 Å². The SMILES string of the molecule is CCc1nc(NN)cc(SC2CCOCC2)n1. The lowest BCUT2D eigenvalue weighted by Crippen LogP contribution is -2.18. The molecule has 1 fully saturated rings. The number of anilines is 1. The van der Waals surface area contributed by atoms with Gasteiger partial charge in [-0.25, -0.2) is 15.8 Å². The Bertz CT molecular complexity index is 346. The Morgan fingerprint density at radius 3 is 2.88 bits per heavy atom. The Morgan fingerprint density at radius 2 is 2.24 bits per heavy atom. The van der Waals surface area contributed by atoms with Crippen LogP contribution in [0.2, 0.25) is 0 Å². The minimum absolute atomic E-state index is 0.592. The molecule has 0 radical (unpaired) electrons. The van der Waals surface area contributed by atoms with Crippen molar-refractivity contribution in [1.29, 1.82) is 0 Å². The smallest absolute Gasteiger partial charge is 0.144 e. The largest absolute Gasteiger partial charge is 0.381 e. The summed E-state index contributed by atoms with van der Waals surface area (Å²) >= 11 is 1.80. The van der Waals surface area contributed by atoms with Gasteiger partial charge in [0.05, 0.1) is 0 Å². The predicted octanol–water partition coefficient (Wildman–Crippen LogP) is 1.60. The first-order valence-corrected chi connectivity index (χ1v) is 6.78. The summed E-state index contributed by atoms with van der Waals surface area (Å²) in [5, 5.41) is 1.59. The standard InChI is InChI=1S/C11H18N4OS/c1-2-9-13-10(15-12)7-11(14-9)17-8-3-5-16-6-4-8/h7-8H,2-6,12H2,1H3,(H,13,14,15). The van der Waals surface area contributed by atoms with Crippen LogP contribution < -0.4 is 11.3 Å². The van der Waals surface area contributed by atoms with Crippen molar-refractivity contribution in [3.05, 3.63) is 11.9 Å². The van der Waals surface area contributed by atoms with Crippen molar-refractivity contribution in [2.75, 3.05) is 18.6 Å². The van der Waals surface area contributed by atoms with E-state index in [-0.39, 0.29) is 0 Å². The van der Waals surface area contributed by atoms with E-state index in [1.54, 1.807) is 11.8 Å². The van der Waals surface area contributed by atoms with Gasteiger partial charge >= 0.3 is 0 Å². The van der Waals surface area contributed by atoms with E-state index in [2.05, 4.69) is 15.4 Å². The highest BCUT2D eigenvalue weighted by Crippen LogP contribution is 2.29. The first-order chi connectivity index (χ1) is 8.31. The lowest BCUT2D eigenvalue weighted by Gasteiger charge is -2.21. The van der Waals surface area contributed by atoms with Gasteiger partial charge in [0.25, 0.3) is 0 Å². The number of hydrogen-bond acceptors (Lipinski definition) is 6. The van der Waals surface area contributed by atoms with Crippen LogP contribution in [0.15, 0.2) is 11.1 Å². The van der Waals surface area contributed by atoms with Crippen LogP contribution in [0.4, 0.5) is 5.82 Å². The third kappa shape index (κ3) is 3.55. The normalized spacial score (nSPS) is 17.1. The van der Waals surface area contributed by atoms with Gasteiger partial charge in [-0.05, 0) is 12.8 Å². The summed E-state index contributed by atoms with van der Waals surface area (Å²) in [6.07, 6.45) is 2.99. The number of hydrazine groups is 1. The minimum atomic E-state index is 0.592. The average molecular weight is 254 g/mol. The molecule has 2 heterocycles. The van der Waals surface area contributed by atoms with E-state index in [0.29, 0.717) is 11.1 Å². The van der Waals surface area contributed by atoms with Crippen LogP contribution in [-0.2, 0) is 11.2 Å². The third-order valence-electron chi connectivity index (χ3n) is 2.67. The fraction of sp³-hybridized carbons (Fsp3) is 0.636. The van der Waals surface area contributed by atoms with E-state index in [9.17, 15) is 0 Å². The van der Waals surface area contributed by atoms with Gasteiger partial charge in [0.2, 0.25) is 0 Å². The van der Waals surface area contributed by atoms with Gasteiger partial charge in [-0.2, -0.15) is 0 Å². The number of rotatable bonds is 4. The van der Waals surface area contributed by atoms with Crippen molar-refractivity contribution < 1.29 is 4.74 Å². The highest BCUT2D eigenvalue weighted by atomic mass is 32.2. The molecule has 1 aliphatic rings. The number of hydrogen-bond donors (Lipinski definition) is 2. The summed E-state index contributed by atoms with van der Waals surface area (Å²) in [5.74, 6) is 6.92. The zero-order chi connectivity index (χ0) is 12.1. The molecule has 1 saturated heterocycles. The highest BCUT2D eigenvalue weighted by Gasteiger charge is 2.16. The van der Waals surface area contributed by atoms with Crippen molar-refractivity contribution in [1.82, 2.24) is 9.97 Å². The van der Waals surface area contributed by atoms with Crippen LogP contribution >= 0.6 is 11.8 Å². The molecular formula is C11H18N4OS. The van der Waals surface area contributed by atoms with Gasteiger partial charge < -0.3 is 10.2 Å². The fourth-order valence-corrected chi connectivity index (χ4v) is 2.84. The number of nitrogens with one attached hydrogen (secondary N) is 1. The summed E-state index contributed by atoms with van der Waals surface area (Å²) in [7, 11) is 0. The van der Waals surface area contributed by atoms with Crippen molar-refractivity contribution in [2.24, 2.45) is 5.84 Å². The second-order valence-corrected chi connectivity index (χ2v) is 5.26. The van der Waals surface area contributed by atoms with Crippen molar-refractivity contribution in [2.45, 2.75) is 36.5 Å². The van der Waals surface area contributed by atoms with Crippen molar-refractivity contribution in [3.8, 4) is 0 Å². The molecule has 0 bridgehead atoms. The maximum Gasteiger partial charge on any atom is 0.144 e. The molecule has 0 saturated carbocycles. The quantitative estimate of drug-likeness (QED) is 0.483. The van der Waals surface area contributed by atoms with Crippen molar-refractivity contribution in [3.63, 3.8) is 0 Å². The van der Waals surface area contributed by atoms with E-state index < -0.39 is 0 Å². The molecule has 6 heteroatoms. The molecule has 1 aliphatic heterocycles. The summed E-state index contributed by atoms with van der Waals surface area (Å²) in [4.78, 5) is 8.79. The molecule has 0 amide bonds.